The maximum atomic E-state index is 3.76. The molecule has 0 radical (unpaired) electrons. The Morgan fingerprint density at radius 1 is 1.14 bits per heavy atom. The molecule has 2 nitrogen and oxygen atoms in total. The highest BCUT2D eigenvalue weighted by Gasteiger charge is 2.36. The molecule has 2 fully saturated rings. The Labute approximate surface area is 129 Å². The van der Waals surface area contributed by atoms with Gasteiger partial charge in [0.25, 0.3) is 0 Å². The smallest absolute Gasteiger partial charge is 0.0255 e. The minimum Gasteiger partial charge on any atom is -0.313 e. The molecule has 1 aromatic rings. The first-order valence-electron chi connectivity index (χ1n) is 8.80. The predicted octanol–water partition coefficient (Wildman–Crippen LogP) is 3.64. The standard InChI is InChI=1S/C19H30N2/c1-3-20-18-10-9-17(16-7-5-4-6-8-16)13-19(18)21-12-11-15(2)14-21/h4-8,15,17-20H,3,9-14H2,1-2H3. The van der Waals surface area contributed by atoms with Crippen LogP contribution in [0, 0.1) is 5.92 Å². The van der Waals surface area contributed by atoms with E-state index in [0.717, 1.165) is 24.4 Å². The van der Waals surface area contributed by atoms with E-state index in [0.29, 0.717) is 6.04 Å². The zero-order valence-corrected chi connectivity index (χ0v) is 13.6. The van der Waals surface area contributed by atoms with Gasteiger partial charge in [-0.2, -0.15) is 0 Å². The molecule has 0 aromatic heterocycles. The molecule has 4 atom stereocenters. The van der Waals surface area contributed by atoms with Gasteiger partial charge in [0.15, 0.2) is 0 Å². The summed E-state index contributed by atoms with van der Waals surface area (Å²) in [4.78, 5) is 2.77. The average Bonchev–Trinajstić information content (AvgIpc) is 2.95. The molecule has 1 heterocycles. The van der Waals surface area contributed by atoms with E-state index in [-0.39, 0.29) is 0 Å². The first-order chi connectivity index (χ1) is 10.3. The van der Waals surface area contributed by atoms with Gasteiger partial charge in [-0.1, -0.05) is 44.2 Å². The van der Waals surface area contributed by atoms with Crippen LogP contribution in [-0.4, -0.2) is 36.6 Å². The maximum absolute atomic E-state index is 3.76. The normalized spacial score (nSPS) is 34.2. The third kappa shape index (κ3) is 3.49. The Bertz CT molecular complexity index is 426. The van der Waals surface area contributed by atoms with E-state index in [1.807, 2.05) is 0 Å². The number of nitrogens with zero attached hydrogens (tertiary/aromatic N) is 1. The lowest BCUT2D eigenvalue weighted by atomic mass is 9.78. The first kappa shape index (κ1) is 15.1. The number of likely N-dealkylation sites (N-methyl/N-ethyl adjacent to an activating group) is 1. The third-order valence-electron chi connectivity index (χ3n) is 5.48. The van der Waals surface area contributed by atoms with Crippen molar-refractivity contribution >= 4 is 0 Å². The van der Waals surface area contributed by atoms with Crippen LogP contribution in [0.3, 0.4) is 0 Å². The second kappa shape index (κ2) is 6.93. The molecule has 4 unspecified atom stereocenters. The van der Waals surface area contributed by atoms with Crippen LogP contribution in [0.15, 0.2) is 30.3 Å². The quantitative estimate of drug-likeness (QED) is 0.909. The largest absolute Gasteiger partial charge is 0.313 e. The number of likely N-dealkylation sites (tertiary alicyclic amines) is 1. The highest BCUT2D eigenvalue weighted by Crippen LogP contribution is 2.36. The second-order valence-electron chi connectivity index (χ2n) is 7.04. The number of hydrogen-bond donors (Lipinski definition) is 1. The van der Waals surface area contributed by atoms with Gasteiger partial charge < -0.3 is 5.32 Å². The molecule has 2 aliphatic rings. The highest BCUT2D eigenvalue weighted by atomic mass is 15.2. The second-order valence-corrected chi connectivity index (χ2v) is 7.04. The Balaban J connectivity index is 1.72. The molecule has 1 aromatic carbocycles. The molecular formula is C19H30N2. The monoisotopic (exact) mass is 286 g/mol. The molecule has 2 heteroatoms. The molecular weight excluding hydrogens is 256 g/mol. The molecule has 0 spiro atoms. The van der Waals surface area contributed by atoms with Crippen molar-refractivity contribution in [3.8, 4) is 0 Å². The summed E-state index contributed by atoms with van der Waals surface area (Å²) < 4.78 is 0. The van der Waals surface area contributed by atoms with Crippen LogP contribution in [0.4, 0.5) is 0 Å². The molecule has 1 N–H and O–H groups in total. The average molecular weight is 286 g/mol. The van der Waals surface area contributed by atoms with E-state index in [9.17, 15) is 0 Å². The van der Waals surface area contributed by atoms with E-state index in [1.54, 1.807) is 5.56 Å². The van der Waals surface area contributed by atoms with Gasteiger partial charge in [-0.3, -0.25) is 4.90 Å². The van der Waals surface area contributed by atoms with E-state index < -0.39 is 0 Å². The Morgan fingerprint density at radius 3 is 2.62 bits per heavy atom. The molecule has 3 rings (SSSR count). The highest BCUT2D eigenvalue weighted by molar-refractivity contribution is 5.21. The summed E-state index contributed by atoms with van der Waals surface area (Å²) in [5.74, 6) is 1.63. The molecule has 1 aliphatic carbocycles. The summed E-state index contributed by atoms with van der Waals surface area (Å²) in [7, 11) is 0. The van der Waals surface area contributed by atoms with Gasteiger partial charge in [-0.25, -0.2) is 0 Å². The lowest BCUT2D eigenvalue weighted by Gasteiger charge is -2.42. The van der Waals surface area contributed by atoms with Crippen LogP contribution >= 0.6 is 0 Å². The van der Waals surface area contributed by atoms with Crippen molar-refractivity contribution in [1.29, 1.82) is 0 Å². The maximum Gasteiger partial charge on any atom is 0.0255 e. The fourth-order valence-corrected chi connectivity index (χ4v) is 4.35. The molecule has 1 saturated heterocycles. The van der Waals surface area contributed by atoms with Crippen molar-refractivity contribution < 1.29 is 0 Å². The zero-order chi connectivity index (χ0) is 14.7. The first-order valence-corrected chi connectivity index (χ1v) is 8.80. The Hall–Kier alpha value is -0.860. The molecule has 0 bridgehead atoms. The molecule has 1 aliphatic heterocycles. The summed E-state index contributed by atoms with van der Waals surface area (Å²) in [5.41, 5.74) is 1.55. The number of benzene rings is 1. The van der Waals surface area contributed by atoms with Crippen molar-refractivity contribution in [2.75, 3.05) is 19.6 Å². The zero-order valence-electron chi connectivity index (χ0n) is 13.6. The van der Waals surface area contributed by atoms with Gasteiger partial charge in [0.05, 0.1) is 0 Å². The van der Waals surface area contributed by atoms with Crippen molar-refractivity contribution in [2.24, 2.45) is 5.92 Å². The third-order valence-corrected chi connectivity index (χ3v) is 5.48. The van der Waals surface area contributed by atoms with E-state index in [1.165, 1.54) is 38.8 Å². The van der Waals surface area contributed by atoms with Crippen LogP contribution in [0.1, 0.15) is 51.0 Å². The van der Waals surface area contributed by atoms with Gasteiger partial charge in [0.1, 0.15) is 0 Å². The number of nitrogens with one attached hydrogen (secondary N) is 1. The molecule has 21 heavy (non-hydrogen) atoms. The summed E-state index contributed by atoms with van der Waals surface area (Å²) in [6, 6.07) is 12.6. The van der Waals surface area contributed by atoms with E-state index in [4.69, 9.17) is 0 Å². The number of hydrogen-bond acceptors (Lipinski definition) is 2. The number of rotatable bonds is 4. The van der Waals surface area contributed by atoms with Crippen molar-refractivity contribution in [2.45, 2.75) is 57.5 Å². The van der Waals surface area contributed by atoms with Crippen LogP contribution in [-0.2, 0) is 0 Å². The van der Waals surface area contributed by atoms with Crippen LogP contribution < -0.4 is 5.32 Å². The molecule has 116 valence electrons. The summed E-state index contributed by atoms with van der Waals surface area (Å²) in [6.07, 6.45) is 5.37. The van der Waals surface area contributed by atoms with Crippen LogP contribution in [0.2, 0.25) is 0 Å². The fourth-order valence-electron chi connectivity index (χ4n) is 4.35. The van der Waals surface area contributed by atoms with Gasteiger partial charge in [-0.15, -0.1) is 0 Å². The van der Waals surface area contributed by atoms with Crippen molar-refractivity contribution in [1.82, 2.24) is 10.2 Å². The van der Waals surface area contributed by atoms with Gasteiger partial charge >= 0.3 is 0 Å². The Kier molecular flexibility index (Phi) is 4.97. The van der Waals surface area contributed by atoms with Gasteiger partial charge in [0.2, 0.25) is 0 Å². The van der Waals surface area contributed by atoms with Crippen LogP contribution in [0.5, 0.6) is 0 Å². The molecule has 0 amide bonds. The van der Waals surface area contributed by atoms with Gasteiger partial charge in [-0.05, 0) is 56.2 Å². The van der Waals surface area contributed by atoms with Crippen LogP contribution in [0.25, 0.3) is 0 Å². The SMILES string of the molecule is CCNC1CCC(c2ccccc2)CC1N1CCC(C)C1. The lowest BCUT2D eigenvalue weighted by Crippen LogP contribution is -2.52. The predicted molar refractivity (Wildman–Crippen MR) is 89.6 cm³/mol. The molecule has 1 saturated carbocycles. The summed E-state index contributed by atoms with van der Waals surface area (Å²) in [6.45, 7) is 8.34. The Morgan fingerprint density at radius 2 is 1.95 bits per heavy atom. The summed E-state index contributed by atoms with van der Waals surface area (Å²) >= 11 is 0. The van der Waals surface area contributed by atoms with Crippen molar-refractivity contribution in [3.63, 3.8) is 0 Å². The van der Waals surface area contributed by atoms with E-state index in [2.05, 4.69) is 54.4 Å². The van der Waals surface area contributed by atoms with Crippen molar-refractivity contribution in [3.05, 3.63) is 35.9 Å². The minimum atomic E-state index is 0.695. The topological polar surface area (TPSA) is 15.3 Å². The summed E-state index contributed by atoms with van der Waals surface area (Å²) in [5, 5.41) is 3.76. The van der Waals surface area contributed by atoms with Gasteiger partial charge in [0, 0.05) is 18.6 Å². The van der Waals surface area contributed by atoms with E-state index >= 15 is 0 Å². The lowest BCUT2D eigenvalue weighted by molar-refractivity contribution is 0.135. The minimum absolute atomic E-state index is 0.695. The fraction of sp³-hybridized carbons (Fsp3) is 0.684.